The maximum Gasteiger partial charge on any atom is 0.0832 e. The second-order valence-corrected chi connectivity index (χ2v) is 5.42. The van der Waals surface area contributed by atoms with E-state index in [-0.39, 0.29) is 6.10 Å². The standard InChI is InChI=1S/C14H22N2O2/c17-14(12-1-2-12)13-3-4-16(11-13)6-5-15-7-9-18-10-8-15/h3-4,11-12,14,17H,1-2,5-10H2. The third kappa shape index (κ3) is 2.94. The molecule has 1 saturated carbocycles. The van der Waals surface area contributed by atoms with Gasteiger partial charge in [-0.2, -0.15) is 0 Å². The van der Waals surface area contributed by atoms with E-state index < -0.39 is 0 Å². The first-order chi connectivity index (χ1) is 8.83. The summed E-state index contributed by atoms with van der Waals surface area (Å²) in [5.41, 5.74) is 1.08. The highest BCUT2D eigenvalue weighted by molar-refractivity contribution is 5.16. The summed E-state index contributed by atoms with van der Waals surface area (Å²) in [6, 6.07) is 2.06. The topological polar surface area (TPSA) is 37.6 Å². The van der Waals surface area contributed by atoms with Gasteiger partial charge in [-0.1, -0.05) is 0 Å². The Morgan fingerprint density at radius 3 is 2.78 bits per heavy atom. The van der Waals surface area contributed by atoms with Gasteiger partial charge in [0.25, 0.3) is 0 Å². The molecule has 1 saturated heterocycles. The fourth-order valence-electron chi connectivity index (χ4n) is 2.54. The number of hydrogen-bond acceptors (Lipinski definition) is 3. The SMILES string of the molecule is OC(c1ccn(CCN2CCOCC2)c1)C1CC1. The molecule has 18 heavy (non-hydrogen) atoms. The van der Waals surface area contributed by atoms with Crippen molar-refractivity contribution in [3.8, 4) is 0 Å². The quantitative estimate of drug-likeness (QED) is 0.855. The fourth-order valence-corrected chi connectivity index (χ4v) is 2.54. The lowest BCUT2D eigenvalue weighted by Gasteiger charge is -2.26. The summed E-state index contributed by atoms with van der Waals surface area (Å²) in [4.78, 5) is 2.43. The predicted octanol–water partition coefficient (Wildman–Crippen LogP) is 1.26. The molecule has 4 nitrogen and oxygen atoms in total. The molecule has 100 valence electrons. The zero-order valence-corrected chi connectivity index (χ0v) is 10.8. The molecule has 1 atom stereocenters. The summed E-state index contributed by atoms with van der Waals surface area (Å²) in [7, 11) is 0. The van der Waals surface area contributed by atoms with Crippen molar-refractivity contribution in [1.82, 2.24) is 9.47 Å². The van der Waals surface area contributed by atoms with Crippen LogP contribution in [0.25, 0.3) is 0 Å². The van der Waals surface area contributed by atoms with Crippen LogP contribution in [0.1, 0.15) is 24.5 Å². The van der Waals surface area contributed by atoms with Gasteiger partial charge in [0.15, 0.2) is 0 Å². The lowest BCUT2D eigenvalue weighted by Crippen LogP contribution is -2.38. The molecule has 2 heterocycles. The van der Waals surface area contributed by atoms with E-state index in [0.717, 1.165) is 45.0 Å². The second kappa shape index (κ2) is 5.43. The van der Waals surface area contributed by atoms with Gasteiger partial charge < -0.3 is 14.4 Å². The number of aromatic nitrogens is 1. The molecule has 0 bridgehead atoms. The molecule has 4 heteroatoms. The van der Waals surface area contributed by atoms with Gasteiger partial charge in [0.05, 0.1) is 19.3 Å². The lowest BCUT2D eigenvalue weighted by molar-refractivity contribution is 0.0364. The summed E-state index contributed by atoms with van der Waals surface area (Å²) < 4.78 is 7.53. The molecule has 1 unspecified atom stereocenters. The molecular weight excluding hydrogens is 228 g/mol. The zero-order valence-electron chi connectivity index (χ0n) is 10.8. The van der Waals surface area contributed by atoms with Crippen LogP contribution in [0.4, 0.5) is 0 Å². The van der Waals surface area contributed by atoms with Crippen LogP contribution in [0.2, 0.25) is 0 Å². The Morgan fingerprint density at radius 2 is 2.06 bits per heavy atom. The highest BCUT2D eigenvalue weighted by Gasteiger charge is 2.31. The maximum atomic E-state index is 10.1. The first-order valence-electron chi connectivity index (χ1n) is 6.97. The van der Waals surface area contributed by atoms with Crippen LogP contribution >= 0.6 is 0 Å². The van der Waals surface area contributed by atoms with Crippen LogP contribution < -0.4 is 0 Å². The normalized spacial score (nSPS) is 23.2. The molecule has 2 fully saturated rings. The van der Waals surface area contributed by atoms with Gasteiger partial charge in [0, 0.05) is 38.6 Å². The van der Waals surface area contributed by atoms with Gasteiger partial charge >= 0.3 is 0 Å². The highest BCUT2D eigenvalue weighted by atomic mass is 16.5. The molecule has 1 aromatic rings. The summed E-state index contributed by atoms with van der Waals surface area (Å²) in [5, 5.41) is 10.1. The molecule has 0 aromatic carbocycles. The number of morpholine rings is 1. The summed E-state index contributed by atoms with van der Waals surface area (Å²) in [5.74, 6) is 0.514. The second-order valence-electron chi connectivity index (χ2n) is 5.42. The molecule has 1 aromatic heterocycles. The van der Waals surface area contributed by atoms with Crippen molar-refractivity contribution in [2.45, 2.75) is 25.5 Å². The Labute approximate surface area is 108 Å². The van der Waals surface area contributed by atoms with Crippen LogP contribution in [0.5, 0.6) is 0 Å². The fraction of sp³-hybridized carbons (Fsp3) is 0.714. The summed E-state index contributed by atoms with van der Waals surface area (Å²) in [6.45, 7) is 5.86. The molecule has 1 aliphatic heterocycles. The molecule has 1 N–H and O–H groups in total. The maximum absolute atomic E-state index is 10.1. The molecule has 3 rings (SSSR count). The third-order valence-corrected chi connectivity index (χ3v) is 3.96. The van der Waals surface area contributed by atoms with E-state index in [2.05, 4.69) is 27.9 Å². The molecule has 2 aliphatic rings. The average Bonchev–Trinajstić information content (AvgIpc) is 3.15. The smallest absolute Gasteiger partial charge is 0.0832 e. The van der Waals surface area contributed by atoms with Crippen molar-refractivity contribution in [2.75, 3.05) is 32.8 Å². The Morgan fingerprint density at radius 1 is 1.28 bits per heavy atom. The molecule has 1 aliphatic carbocycles. The van der Waals surface area contributed by atoms with Crippen molar-refractivity contribution in [3.63, 3.8) is 0 Å². The van der Waals surface area contributed by atoms with Crippen LogP contribution in [-0.4, -0.2) is 47.4 Å². The van der Waals surface area contributed by atoms with Gasteiger partial charge in [0.2, 0.25) is 0 Å². The van der Waals surface area contributed by atoms with Crippen molar-refractivity contribution in [1.29, 1.82) is 0 Å². The van der Waals surface area contributed by atoms with Crippen molar-refractivity contribution in [3.05, 3.63) is 24.0 Å². The minimum atomic E-state index is -0.241. The number of nitrogens with zero attached hydrogens (tertiary/aromatic N) is 2. The summed E-state index contributed by atoms with van der Waals surface area (Å²) in [6.07, 6.45) is 6.31. The van der Waals surface area contributed by atoms with E-state index in [4.69, 9.17) is 4.74 Å². The third-order valence-electron chi connectivity index (χ3n) is 3.96. The van der Waals surface area contributed by atoms with E-state index >= 15 is 0 Å². The van der Waals surface area contributed by atoms with Crippen LogP contribution in [0, 0.1) is 5.92 Å². The lowest BCUT2D eigenvalue weighted by atomic mass is 10.1. The Hall–Kier alpha value is -0.840. The van der Waals surface area contributed by atoms with Gasteiger partial charge in [0.1, 0.15) is 0 Å². The number of aliphatic hydroxyl groups is 1. The first kappa shape index (κ1) is 12.2. The van der Waals surface area contributed by atoms with Crippen LogP contribution in [-0.2, 0) is 11.3 Å². The van der Waals surface area contributed by atoms with Gasteiger partial charge in [-0.05, 0) is 30.4 Å². The largest absolute Gasteiger partial charge is 0.388 e. The highest BCUT2D eigenvalue weighted by Crippen LogP contribution is 2.40. The van der Waals surface area contributed by atoms with Crippen molar-refractivity contribution >= 4 is 0 Å². The molecule has 0 spiro atoms. The predicted molar refractivity (Wildman–Crippen MR) is 69.4 cm³/mol. The summed E-state index contributed by atoms with van der Waals surface area (Å²) >= 11 is 0. The van der Waals surface area contributed by atoms with Crippen LogP contribution in [0.15, 0.2) is 18.5 Å². The van der Waals surface area contributed by atoms with Crippen molar-refractivity contribution < 1.29 is 9.84 Å². The Bertz CT molecular complexity index is 381. The van der Waals surface area contributed by atoms with E-state index in [0.29, 0.717) is 5.92 Å². The first-order valence-corrected chi connectivity index (χ1v) is 6.97. The zero-order chi connectivity index (χ0) is 12.4. The van der Waals surface area contributed by atoms with Gasteiger partial charge in [-0.3, -0.25) is 4.90 Å². The number of hydrogen-bond donors (Lipinski definition) is 1. The molecule has 0 amide bonds. The number of aliphatic hydroxyl groups excluding tert-OH is 1. The molecular formula is C14H22N2O2. The minimum absolute atomic E-state index is 0.241. The van der Waals surface area contributed by atoms with Gasteiger partial charge in [-0.15, -0.1) is 0 Å². The average molecular weight is 250 g/mol. The Balaban J connectivity index is 1.50. The monoisotopic (exact) mass is 250 g/mol. The minimum Gasteiger partial charge on any atom is -0.388 e. The van der Waals surface area contributed by atoms with E-state index in [1.165, 1.54) is 12.8 Å². The van der Waals surface area contributed by atoms with Crippen molar-refractivity contribution in [2.24, 2.45) is 5.92 Å². The number of rotatable bonds is 5. The van der Waals surface area contributed by atoms with E-state index in [1.54, 1.807) is 0 Å². The van der Waals surface area contributed by atoms with Gasteiger partial charge in [-0.25, -0.2) is 0 Å². The Kier molecular flexibility index (Phi) is 3.68. The molecule has 0 radical (unpaired) electrons. The number of ether oxygens (including phenoxy) is 1. The van der Waals surface area contributed by atoms with E-state index in [1.807, 2.05) is 0 Å². The van der Waals surface area contributed by atoms with E-state index in [9.17, 15) is 5.11 Å². The van der Waals surface area contributed by atoms with Crippen LogP contribution in [0.3, 0.4) is 0 Å².